The second kappa shape index (κ2) is 5.93. The van der Waals surface area contributed by atoms with Crippen molar-refractivity contribution in [2.24, 2.45) is 0 Å². The van der Waals surface area contributed by atoms with Crippen LogP contribution in [0.25, 0.3) is 0 Å². The van der Waals surface area contributed by atoms with Gasteiger partial charge in [0.25, 0.3) is 0 Å². The summed E-state index contributed by atoms with van der Waals surface area (Å²) in [6.45, 7) is 8.94. The van der Waals surface area contributed by atoms with E-state index < -0.39 is 5.16 Å². The summed E-state index contributed by atoms with van der Waals surface area (Å²) < 4.78 is 5.78. The molecule has 15 heavy (non-hydrogen) atoms. The maximum Gasteiger partial charge on any atom is 0.141 e. The van der Waals surface area contributed by atoms with Gasteiger partial charge in [0.2, 0.25) is 0 Å². The van der Waals surface area contributed by atoms with E-state index in [1.54, 1.807) is 6.92 Å². The molecular formula is C11H24NO2P. The molecule has 0 rings (SSSR count). The maximum atomic E-state index is 11.3. The molecule has 0 bridgehead atoms. The number of hydrogen-bond acceptors (Lipinski definition) is 3. The Morgan fingerprint density at radius 2 is 1.93 bits per heavy atom. The molecule has 0 saturated carbocycles. The van der Waals surface area contributed by atoms with Crippen LogP contribution in [0.4, 0.5) is 0 Å². The van der Waals surface area contributed by atoms with E-state index >= 15 is 0 Å². The average molecular weight is 233 g/mol. The summed E-state index contributed by atoms with van der Waals surface area (Å²) in [5, 5.41) is 2.63. The molecule has 0 aliphatic carbocycles. The number of ketones is 1. The number of ether oxygens (including phenoxy) is 1. The lowest BCUT2D eigenvalue weighted by molar-refractivity contribution is -0.122. The lowest BCUT2D eigenvalue weighted by Crippen LogP contribution is -2.38. The molecule has 0 aromatic carbocycles. The van der Waals surface area contributed by atoms with Crippen LogP contribution in [0.15, 0.2) is 0 Å². The highest BCUT2D eigenvalue weighted by molar-refractivity contribution is 7.21. The fourth-order valence-corrected chi connectivity index (χ4v) is 1.03. The van der Waals surface area contributed by atoms with E-state index in [0.29, 0.717) is 6.61 Å². The molecule has 1 N–H and O–H groups in total. The molecule has 3 nitrogen and oxygen atoms in total. The number of carbonyl (C=O) groups excluding carboxylic acids is 1. The minimum Gasteiger partial charge on any atom is -0.374 e. The summed E-state index contributed by atoms with van der Waals surface area (Å²) >= 11 is 0. The van der Waals surface area contributed by atoms with Crippen molar-refractivity contribution in [2.75, 3.05) is 20.2 Å². The van der Waals surface area contributed by atoms with E-state index in [9.17, 15) is 4.79 Å². The molecule has 0 aromatic heterocycles. The van der Waals surface area contributed by atoms with Crippen LogP contribution >= 0.6 is 9.24 Å². The third-order valence-electron chi connectivity index (χ3n) is 2.54. The van der Waals surface area contributed by atoms with Gasteiger partial charge in [-0.1, -0.05) is 0 Å². The number of Topliss-reactive ketones (excluding diaryl/α,β-unsaturated/α-hetero) is 1. The highest BCUT2D eigenvalue weighted by Crippen LogP contribution is 2.23. The van der Waals surface area contributed by atoms with Crippen LogP contribution in [0, 0.1) is 0 Å². The van der Waals surface area contributed by atoms with Gasteiger partial charge in [-0.2, -0.15) is 0 Å². The fourth-order valence-electron chi connectivity index (χ4n) is 0.945. The first-order chi connectivity index (χ1) is 6.71. The number of carbonyl (C=O) groups is 1. The molecule has 4 heteroatoms. The average Bonchev–Trinajstić information content (AvgIpc) is 2.12. The predicted octanol–water partition coefficient (Wildman–Crippen LogP) is 1.61. The molecule has 2 atom stereocenters. The van der Waals surface area contributed by atoms with Crippen molar-refractivity contribution >= 4 is 15.0 Å². The van der Waals surface area contributed by atoms with Crippen molar-refractivity contribution in [2.45, 2.75) is 44.9 Å². The molecule has 0 aliphatic heterocycles. The monoisotopic (exact) mass is 233 g/mol. The zero-order valence-electron chi connectivity index (χ0n) is 10.5. The molecular weight excluding hydrogens is 209 g/mol. The first-order valence-corrected chi connectivity index (χ1v) is 5.87. The highest BCUT2D eigenvalue weighted by Gasteiger charge is 2.28. The van der Waals surface area contributed by atoms with E-state index in [0.717, 1.165) is 13.0 Å². The predicted molar refractivity (Wildman–Crippen MR) is 67.4 cm³/mol. The van der Waals surface area contributed by atoms with Crippen LogP contribution in [-0.2, 0) is 9.53 Å². The number of hydrogen-bond donors (Lipinski definition) is 1. The Bertz CT molecular complexity index is 215. The van der Waals surface area contributed by atoms with E-state index in [-0.39, 0.29) is 11.4 Å². The van der Waals surface area contributed by atoms with Gasteiger partial charge >= 0.3 is 0 Å². The highest BCUT2D eigenvalue weighted by atomic mass is 31.0. The minimum atomic E-state index is -0.461. The van der Waals surface area contributed by atoms with Gasteiger partial charge in [0.1, 0.15) is 5.78 Å². The van der Waals surface area contributed by atoms with Gasteiger partial charge in [-0.15, -0.1) is 9.24 Å². The Kier molecular flexibility index (Phi) is 5.94. The molecule has 90 valence electrons. The van der Waals surface area contributed by atoms with Gasteiger partial charge in [-0.05, 0) is 47.7 Å². The van der Waals surface area contributed by atoms with Gasteiger partial charge in [0.15, 0.2) is 0 Å². The third-order valence-corrected chi connectivity index (χ3v) is 3.12. The summed E-state index contributed by atoms with van der Waals surface area (Å²) in [6, 6.07) is 0. The van der Waals surface area contributed by atoms with Crippen molar-refractivity contribution in [3.05, 3.63) is 0 Å². The smallest absolute Gasteiger partial charge is 0.141 e. The summed E-state index contributed by atoms with van der Waals surface area (Å²) in [6.07, 6.45) is 0.933. The van der Waals surface area contributed by atoms with E-state index in [1.807, 2.05) is 27.8 Å². The van der Waals surface area contributed by atoms with Gasteiger partial charge in [-0.25, -0.2) is 0 Å². The maximum absolute atomic E-state index is 11.3. The van der Waals surface area contributed by atoms with Gasteiger partial charge in [0, 0.05) is 0 Å². The molecule has 0 heterocycles. The Balaban J connectivity index is 4.07. The topological polar surface area (TPSA) is 38.3 Å². The van der Waals surface area contributed by atoms with E-state index in [4.69, 9.17) is 4.74 Å². The van der Waals surface area contributed by atoms with Crippen molar-refractivity contribution in [1.82, 2.24) is 5.32 Å². The van der Waals surface area contributed by atoms with Crippen LogP contribution in [0.3, 0.4) is 0 Å². The van der Waals surface area contributed by atoms with Crippen molar-refractivity contribution in [3.63, 3.8) is 0 Å². The number of rotatable bonds is 7. The van der Waals surface area contributed by atoms with Crippen LogP contribution in [0.5, 0.6) is 0 Å². The molecule has 0 spiro atoms. The first kappa shape index (κ1) is 15.0. The van der Waals surface area contributed by atoms with Crippen LogP contribution in [-0.4, -0.2) is 36.7 Å². The Morgan fingerprint density at radius 1 is 1.40 bits per heavy atom. The quantitative estimate of drug-likeness (QED) is 0.679. The van der Waals surface area contributed by atoms with Crippen LogP contribution in [0.2, 0.25) is 0 Å². The number of nitrogens with one attached hydrogen (secondary N) is 1. The van der Waals surface area contributed by atoms with Crippen LogP contribution in [0.1, 0.15) is 34.1 Å². The fraction of sp³-hybridized carbons (Fsp3) is 0.909. The normalized spacial score (nSPS) is 16.1. The second-order valence-electron chi connectivity index (χ2n) is 4.88. The summed E-state index contributed by atoms with van der Waals surface area (Å²) in [5.74, 6) is 0.136. The van der Waals surface area contributed by atoms with E-state index in [1.165, 1.54) is 0 Å². The third kappa shape index (κ3) is 6.24. The molecule has 0 fully saturated rings. The molecule has 2 unspecified atom stereocenters. The van der Waals surface area contributed by atoms with Gasteiger partial charge < -0.3 is 10.1 Å². The molecule has 0 saturated heterocycles. The molecule has 0 amide bonds. The Morgan fingerprint density at radius 3 is 2.33 bits per heavy atom. The largest absolute Gasteiger partial charge is 0.374 e. The lowest BCUT2D eigenvalue weighted by atomic mass is 10.0. The van der Waals surface area contributed by atoms with Crippen molar-refractivity contribution in [1.29, 1.82) is 0 Å². The van der Waals surface area contributed by atoms with E-state index in [2.05, 4.69) is 14.6 Å². The standard InChI is InChI=1S/C11H24NO2P/c1-9(13)11(4,15)8-14-10(2,3)6-7-12-5/h12H,6-8,15H2,1-5H3. The first-order valence-electron chi connectivity index (χ1n) is 5.30. The van der Waals surface area contributed by atoms with Crippen molar-refractivity contribution in [3.8, 4) is 0 Å². The minimum absolute atomic E-state index is 0.136. The second-order valence-corrected chi connectivity index (χ2v) is 6.15. The summed E-state index contributed by atoms with van der Waals surface area (Å²) in [7, 11) is 4.49. The Hall–Kier alpha value is 0.0200. The molecule has 0 aromatic rings. The zero-order chi connectivity index (χ0) is 12.1. The molecule has 0 aliphatic rings. The molecule has 0 radical (unpaired) electrons. The Labute approximate surface area is 95.5 Å². The zero-order valence-corrected chi connectivity index (χ0v) is 11.7. The van der Waals surface area contributed by atoms with Gasteiger partial charge in [0.05, 0.1) is 17.4 Å². The summed E-state index contributed by atoms with van der Waals surface area (Å²) in [4.78, 5) is 11.3. The SMILES string of the molecule is CNCCC(C)(C)OCC(C)(P)C(C)=O. The van der Waals surface area contributed by atoms with Gasteiger partial charge in [-0.3, -0.25) is 4.79 Å². The van der Waals surface area contributed by atoms with Crippen LogP contribution < -0.4 is 5.32 Å². The summed E-state index contributed by atoms with van der Waals surface area (Å²) in [5.41, 5.74) is -0.184. The lowest BCUT2D eigenvalue weighted by Gasteiger charge is -2.30. The van der Waals surface area contributed by atoms with Crippen molar-refractivity contribution < 1.29 is 9.53 Å².